The molecule has 0 aromatic heterocycles. The van der Waals surface area contributed by atoms with E-state index in [2.05, 4.69) is 10.6 Å². The van der Waals surface area contributed by atoms with Crippen molar-refractivity contribution in [2.45, 2.75) is 45.1 Å². The number of benzene rings is 1. The lowest BCUT2D eigenvalue weighted by Gasteiger charge is -2.36. The zero-order valence-electron chi connectivity index (χ0n) is 15.3. The third-order valence-electron chi connectivity index (χ3n) is 5.58. The molecule has 1 saturated carbocycles. The highest BCUT2D eigenvalue weighted by Crippen LogP contribution is 2.38. The van der Waals surface area contributed by atoms with Crippen LogP contribution in [0.2, 0.25) is 0 Å². The maximum absolute atomic E-state index is 12.9. The summed E-state index contributed by atoms with van der Waals surface area (Å²) in [6, 6.07) is 3.78. The number of nitro groups is 1. The Hall–Kier alpha value is -2.97. The van der Waals surface area contributed by atoms with Gasteiger partial charge in [-0.05, 0) is 31.7 Å². The molecule has 2 fully saturated rings. The van der Waals surface area contributed by atoms with Crippen molar-refractivity contribution in [1.29, 1.82) is 0 Å². The highest BCUT2D eigenvalue weighted by atomic mass is 16.6. The van der Waals surface area contributed by atoms with Gasteiger partial charge in [0, 0.05) is 6.07 Å². The van der Waals surface area contributed by atoms with Crippen molar-refractivity contribution in [1.82, 2.24) is 10.2 Å². The molecular formula is C18H22N4O5. The number of imide groups is 1. The molecule has 0 bridgehead atoms. The van der Waals surface area contributed by atoms with Crippen molar-refractivity contribution < 1.29 is 19.3 Å². The number of rotatable bonds is 4. The van der Waals surface area contributed by atoms with Gasteiger partial charge in [0.05, 0.1) is 16.2 Å². The number of urea groups is 1. The van der Waals surface area contributed by atoms with Crippen molar-refractivity contribution in [3.05, 3.63) is 33.9 Å². The van der Waals surface area contributed by atoms with Gasteiger partial charge in [0.2, 0.25) is 5.91 Å². The van der Waals surface area contributed by atoms with Gasteiger partial charge in [-0.15, -0.1) is 0 Å². The van der Waals surface area contributed by atoms with E-state index in [4.69, 9.17) is 0 Å². The molecule has 4 amide bonds. The van der Waals surface area contributed by atoms with E-state index in [0.29, 0.717) is 12.0 Å². The van der Waals surface area contributed by atoms with E-state index in [1.54, 1.807) is 0 Å². The van der Waals surface area contributed by atoms with Crippen LogP contribution in [0.15, 0.2) is 18.2 Å². The highest BCUT2D eigenvalue weighted by Gasteiger charge is 2.55. The molecule has 2 N–H and O–H groups in total. The van der Waals surface area contributed by atoms with E-state index in [1.807, 2.05) is 6.92 Å². The van der Waals surface area contributed by atoms with Gasteiger partial charge in [0.1, 0.15) is 12.1 Å². The Labute approximate surface area is 156 Å². The Morgan fingerprint density at radius 1 is 1.41 bits per heavy atom. The summed E-state index contributed by atoms with van der Waals surface area (Å²) >= 11 is 0. The van der Waals surface area contributed by atoms with Gasteiger partial charge in [-0.2, -0.15) is 0 Å². The van der Waals surface area contributed by atoms with Crippen molar-refractivity contribution in [2.24, 2.45) is 5.92 Å². The van der Waals surface area contributed by atoms with E-state index in [9.17, 15) is 24.5 Å². The quantitative estimate of drug-likeness (QED) is 0.476. The smallest absolute Gasteiger partial charge is 0.324 e. The molecule has 1 saturated heterocycles. The first-order chi connectivity index (χ1) is 12.8. The summed E-state index contributed by atoms with van der Waals surface area (Å²) < 4.78 is 0. The van der Waals surface area contributed by atoms with Gasteiger partial charge in [0.25, 0.3) is 11.6 Å². The Kier molecular flexibility index (Phi) is 4.86. The number of anilines is 1. The van der Waals surface area contributed by atoms with Crippen molar-refractivity contribution in [3.8, 4) is 0 Å². The lowest BCUT2D eigenvalue weighted by Crippen LogP contribution is -2.54. The maximum atomic E-state index is 12.9. The molecule has 2 atom stereocenters. The van der Waals surface area contributed by atoms with E-state index in [1.165, 1.54) is 25.1 Å². The van der Waals surface area contributed by atoms with Crippen LogP contribution >= 0.6 is 0 Å². The van der Waals surface area contributed by atoms with Gasteiger partial charge in [-0.25, -0.2) is 4.79 Å². The van der Waals surface area contributed by atoms with Gasteiger partial charge >= 0.3 is 6.03 Å². The molecule has 3 rings (SSSR count). The topological polar surface area (TPSA) is 122 Å². The predicted octanol–water partition coefficient (Wildman–Crippen LogP) is 2.34. The summed E-state index contributed by atoms with van der Waals surface area (Å²) in [4.78, 5) is 49.0. The summed E-state index contributed by atoms with van der Waals surface area (Å²) in [5, 5.41) is 16.4. The lowest BCUT2D eigenvalue weighted by atomic mass is 9.73. The fraction of sp³-hybridized carbons (Fsp3) is 0.500. The molecule has 2 aliphatic rings. The second-order valence-electron chi connectivity index (χ2n) is 7.19. The minimum Gasteiger partial charge on any atom is -0.324 e. The first kappa shape index (κ1) is 18.8. The molecule has 144 valence electrons. The number of nitro benzene ring substituents is 1. The largest absolute Gasteiger partial charge is 0.325 e. The number of carbonyl (C=O) groups excluding carboxylic acids is 3. The molecule has 9 nitrogen and oxygen atoms in total. The molecule has 1 heterocycles. The van der Waals surface area contributed by atoms with Crippen LogP contribution in [-0.4, -0.2) is 39.8 Å². The summed E-state index contributed by atoms with van der Waals surface area (Å²) in [6.07, 6.45) is 3.28. The lowest BCUT2D eigenvalue weighted by molar-refractivity contribution is -0.385. The minimum absolute atomic E-state index is 0.00905. The number of nitrogens with zero attached hydrogens (tertiary/aromatic N) is 2. The number of hydrogen-bond acceptors (Lipinski definition) is 5. The van der Waals surface area contributed by atoms with Gasteiger partial charge in [-0.3, -0.25) is 24.6 Å². The van der Waals surface area contributed by atoms with Crippen molar-refractivity contribution in [3.63, 3.8) is 0 Å². The third-order valence-corrected chi connectivity index (χ3v) is 5.58. The second kappa shape index (κ2) is 6.98. The second-order valence-corrected chi connectivity index (χ2v) is 7.19. The SMILES string of the molecule is Cc1c(NC(=O)CN2C(=O)N[C@@]3(CCCC[C@@H]3C)C2=O)cccc1[N+](=O)[O-]. The molecule has 0 unspecified atom stereocenters. The van der Waals surface area contributed by atoms with E-state index in [-0.39, 0.29) is 23.2 Å². The molecule has 9 heteroatoms. The van der Waals surface area contributed by atoms with Crippen LogP contribution in [0.25, 0.3) is 0 Å². The Morgan fingerprint density at radius 3 is 2.81 bits per heavy atom. The molecule has 1 aromatic carbocycles. The molecular weight excluding hydrogens is 352 g/mol. The van der Waals surface area contributed by atoms with Crippen LogP contribution in [0.5, 0.6) is 0 Å². The van der Waals surface area contributed by atoms with Gasteiger partial charge in [0.15, 0.2) is 0 Å². The number of carbonyl (C=O) groups is 3. The predicted molar refractivity (Wildman–Crippen MR) is 97.1 cm³/mol. The molecule has 1 spiro atoms. The third kappa shape index (κ3) is 3.24. The first-order valence-electron chi connectivity index (χ1n) is 8.94. The fourth-order valence-corrected chi connectivity index (χ4v) is 3.93. The van der Waals surface area contributed by atoms with E-state index < -0.39 is 28.9 Å². The van der Waals surface area contributed by atoms with E-state index in [0.717, 1.165) is 24.2 Å². The first-order valence-corrected chi connectivity index (χ1v) is 8.94. The zero-order chi connectivity index (χ0) is 19.8. The van der Waals surface area contributed by atoms with Crippen LogP contribution in [0.4, 0.5) is 16.2 Å². The Balaban J connectivity index is 1.73. The van der Waals surface area contributed by atoms with Crippen LogP contribution in [0.1, 0.15) is 38.2 Å². The monoisotopic (exact) mass is 374 g/mol. The average molecular weight is 374 g/mol. The number of hydrogen-bond donors (Lipinski definition) is 2. The van der Waals surface area contributed by atoms with Crippen LogP contribution in [0.3, 0.4) is 0 Å². The van der Waals surface area contributed by atoms with Gasteiger partial charge < -0.3 is 10.6 Å². The summed E-state index contributed by atoms with van der Waals surface area (Å²) in [6.45, 7) is 3.04. The molecule has 27 heavy (non-hydrogen) atoms. The van der Waals surface area contributed by atoms with Gasteiger partial charge in [-0.1, -0.05) is 25.8 Å². The Morgan fingerprint density at radius 2 is 2.15 bits per heavy atom. The molecule has 0 radical (unpaired) electrons. The normalized spacial score (nSPS) is 24.8. The molecule has 1 aliphatic heterocycles. The zero-order valence-corrected chi connectivity index (χ0v) is 15.3. The van der Waals surface area contributed by atoms with Crippen LogP contribution in [0, 0.1) is 23.0 Å². The molecule has 1 aliphatic carbocycles. The summed E-state index contributed by atoms with van der Waals surface area (Å²) in [5.74, 6) is -0.942. The Bertz CT molecular complexity index is 824. The summed E-state index contributed by atoms with van der Waals surface area (Å²) in [5.41, 5.74) is -0.443. The summed E-state index contributed by atoms with van der Waals surface area (Å²) in [7, 11) is 0. The van der Waals surface area contributed by atoms with Crippen LogP contribution in [-0.2, 0) is 9.59 Å². The number of nitrogens with one attached hydrogen (secondary N) is 2. The van der Waals surface area contributed by atoms with Crippen molar-refractivity contribution >= 4 is 29.2 Å². The minimum atomic E-state index is -0.920. The highest BCUT2D eigenvalue weighted by molar-refractivity contribution is 6.10. The standard InChI is InChI=1S/C18H22N4O5/c1-11-6-3-4-9-18(11)16(24)21(17(25)20-18)10-15(23)19-13-7-5-8-14(12(13)2)22(26)27/h5,7-8,11H,3-4,6,9-10H2,1-2H3,(H,19,23)(H,20,25)/t11-,18+/m0/s1. The molecule has 1 aromatic rings. The average Bonchev–Trinajstić information content (AvgIpc) is 2.84. The number of amides is 4. The maximum Gasteiger partial charge on any atom is 0.325 e. The van der Waals surface area contributed by atoms with E-state index >= 15 is 0 Å². The van der Waals surface area contributed by atoms with Crippen LogP contribution < -0.4 is 10.6 Å². The van der Waals surface area contributed by atoms with Crippen molar-refractivity contribution in [2.75, 3.05) is 11.9 Å². The fourth-order valence-electron chi connectivity index (χ4n) is 3.93.